The van der Waals surface area contributed by atoms with Crippen LogP contribution < -0.4 is 16.6 Å². The highest BCUT2D eigenvalue weighted by atomic mass is 35.5. The van der Waals surface area contributed by atoms with Crippen molar-refractivity contribution in [3.8, 4) is 0 Å². The van der Waals surface area contributed by atoms with Gasteiger partial charge in [0.2, 0.25) is 0 Å². The van der Waals surface area contributed by atoms with E-state index in [1.165, 1.54) is 6.20 Å². The summed E-state index contributed by atoms with van der Waals surface area (Å²) < 4.78 is 0. The van der Waals surface area contributed by atoms with E-state index in [2.05, 4.69) is 15.3 Å². The minimum absolute atomic E-state index is 0. The van der Waals surface area contributed by atoms with Crippen LogP contribution in [0, 0.1) is 6.92 Å². The second kappa shape index (κ2) is 7.57. The van der Waals surface area contributed by atoms with E-state index >= 15 is 0 Å². The molecule has 0 spiro atoms. The fourth-order valence-electron chi connectivity index (χ4n) is 0.477. The van der Waals surface area contributed by atoms with E-state index in [9.17, 15) is 9.59 Å². The summed E-state index contributed by atoms with van der Waals surface area (Å²) in [6.45, 7) is 1.62. The molecule has 13 heavy (non-hydrogen) atoms. The molecule has 0 aromatic carbocycles. The Bertz CT molecular complexity index is 331. The molecule has 5 nitrogen and oxygen atoms in total. The zero-order valence-corrected chi connectivity index (χ0v) is 8.62. The molecule has 1 aromatic rings. The van der Waals surface area contributed by atoms with Crippen LogP contribution in [0.2, 0.25) is 0 Å². The number of aromatic nitrogens is 2. The second-order valence-electron chi connectivity index (χ2n) is 2.25. The first-order valence-corrected chi connectivity index (χ1v) is 3.49. The summed E-state index contributed by atoms with van der Waals surface area (Å²) in [5, 5.41) is 2.75. The number of rotatable bonds is 0. The van der Waals surface area contributed by atoms with E-state index in [1.807, 2.05) is 14.1 Å². The van der Waals surface area contributed by atoms with Crippen LogP contribution in [-0.2, 0) is 0 Å². The monoisotopic (exact) mass is 207 g/mol. The highest BCUT2D eigenvalue weighted by Gasteiger charge is 1.88. The Labute approximate surface area is 82.0 Å². The minimum Gasteiger partial charge on any atom is -0.323 e. The van der Waals surface area contributed by atoms with E-state index in [-0.39, 0.29) is 18.0 Å². The third-order valence-corrected chi connectivity index (χ3v) is 1.00. The van der Waals surface area contributed by atoms with Gasteiger partial charge in [-0.15, -0.1) is 12.4 Å². The third kappa shape index (κ3) is 6.12. The maximum atomic E-state index is 10.6. The molecule has 0 atom stereocenters. The quantitative estimate of drug-likeness (QED) is 0.543. The van der Waals surface area contributed by atoms with Gasteiger partial charge in [-0.3, -0.25) is 9.78 Å². The van der Waals surface area contributed by atoms with Gasteiger partial charge in [0, 0.05) is 11.8 Å². The lowest BCUT2D eigenvalue weighted by atomic mass is 10.4. The summed E-state index contributed by atoms with van der Waals surface area (Å²) in [6, 6.07) is 0. The lowest BCUT2D eigenvalue weighted by molar-refractivity contribution is 1.01. The maximum Gasteiger partial charge on any atom is 0.325 e. The molecule has 1 heterocycles. The van der Waals surface area contributed by atoms with E-state index < -0.39 is 5.69 Å². The Balaban J connectivity index is 0. The molecule has 1 rings (SSSR count). The molecule has 0 radical (unpaired) electrons. The average Bonchev–Trinajstić information content (AvgIpc) is 1.99. The van der Waals surface area contributed by atoms with Crippen molar-refractivity contribution < 1.29 is 0 Å². The van der Waals surface area contributed by atoms with Gasteiger partial charge >= 0.3 is 5.69 Å². The summed E-state index contributed by atoms with van der Waals surface area (Å²) in [4.78, 5) is 25.3. The predicted octanol–water partition coefficient (Wildman–Crippen LogP) is -0.371. The smallest absolute Gasteiger partial charge is 0.323 e. The van der Waals surface area contributed by atoms with E-state index in [0.29, 0.717) is 5.56 Å². The first-order valence-electron chi connectivity index (χ1n) is 3.49. The molecule has 1 aromatic heterocycles. The maximum absolute atomic E-state index is 10.6. The zero-order chi connectivity index (χ0) is 9.56. The number of hydrogen-bond donors (Lipinski definition) is 3. The largest absolute Gasteiger partial charge is 0.325 e. The van der Waals surface area contributed by atoms with Crippen molar-refractivity contribution in [1.82, 2.24) is 15.3 Å². The molecule has 76 valence electrons. The Morgan fingerprint density at radius 3 is 2.08 bits per heavy atom. The number of H-pyrrole nitrogens is 2. The van der Waals surface area contributed by atoms with Gasteiger partial charge in [-0.25, -0.2) is 4.79 Å². The minimum atomic E-state index is -0.467. The molecule has 0 saturated carbocycles. The molecule has 3 N–H and O–H groups in total. The molecule has 0 amide bonds. The van der Waals surface area contributed by atoms with Gasteiger partial charge in [-0.2, -0.15) is 0 Å². The normalized spacial score (nSPS) is 7.92. The molecule has 0 fully saturated rings. The van der Waals surface area contributed by atoms with Gasteiger partial charge in [0.15, 0.2) is 0 Å². The van der Waals surface area contributed by atoms with Crippen LogP contribution in [-0.4, -0.2) is 24.1 Å². The standard InChI is InChI=1S/C5H6N2O2.C2H7N.ClH/c1-3-2-6-5(9)7-4(3)8;1-3-2;/h2H,1H3,(H2,6,7,8,9);3H,1-2H3;1H. The van der Waals surface area contributed by atoms with Crippen molar-refractivity contribution >= 4 is 12.4 Å². The van der Waals surface area contributed by atoms with Crippen LogP contribution in [0.1, 0.15) is 5.56 Å². The van der Waals surface area contributed by atoms with Crippen LogP contribution in [0.5, 0.6) is 0 Å². The highest BCUT2D eigenvalue weighted by molar-refractivity contribution is 5.85. The summed E-state index contributed by atoms with van der Waals surface area (Å²) in [5.41, 5.74) is -0.293. The molecule has 0 aliphatic carbocycles. The number of aromatic amines is 2. The molecular weight excluding hydrogens is 194 g/mol. The molecule has 0 saturated heterocycles. The van der Waals surface area contributed by atoms with Gasteiger partial charge in [0.1, 0.15) is 0 Å². The van der Waals surface area contributed by atoms with Crippen molar-refractivity contribution in [2.45, 2.75) is 6.92 Å². The molecular formula is C7H14ClN3O2. The predicted molar refractivity (Wildman–Crippen MR) is 54.7 cm³/mol. The third-order valence-electron chi connectivity index (χ3n) is 1.00. The van der Waals surface area contributed by atoms with Crippen LogP contribution in [0.4, 0.5) is 0 Å². The van der Waals surface area contributed by atoms with Crippen molar-refractivity contribution in [1.29, 1.82) is 0 Å². The van der Waals surface area contributed by atoms with E-state index in [0.717, 1.165) is 0 Å². The summed E-state index contributed by atoms with van der Waals surface area (Å²) in [5.74, 6) is 0. The number of halogens is 1. The molecule has 0 unspecified atom stereocenters. The van der Waals surface area contributed by atoms with Gasteiger partial charge in [0.25, 0.3) is 5.56 Å². The van der Waals surface area contributed by atoms with Gasteiger partial charge in [-0.05, 0) is 21.0 Å². The van der Waals surface area contributed by atoms with Gasteiger partial charge in [0.05, 0.1) is 0 Å². The number of aryl methyl sites for hydroxylation is 1. The highest BCUT2D eigenvalue weighted by Crippen LogP contribution is 1.73. The van der Waals surface area contributed by atoms with Crippen molar-refractivity contribution in [2.24, 2.45) is 0 Å². The van der Waals surface area contributed by atoms with Crippen LogP contribution in [0.25, 0.3) is 0 Å². The number of hydrogen-bond acceptors (Lipinski definition) is 3. The molecule has 0 aliphatic rings. The summed E-state index contributed by atoms with van der Waals surface area (Å²) in [6.07, 6.45) is 1.38. The lowest BCUT2D eigenvalue weighted by Crippen LogP contribution is -2.22. The zero-order valence-electron chi connectivity index (χ0n) is 7.80. The Morgan fingerprint density at radius 2 is 1.77 bits per heavy atom. The van der Waals surface area contributed by atoms with Gasteiger partial charge in [-0.1, -0.05) is 0 Å². The fraction of sp³-hybridized carbons (Fsp3) is 0.429. The molecule has 0 bridgehead atoms. The Hall–Kier alpha value is -1.07. The fourth-order valence-corrected chi connectivity index (χ4v) is 0.477. The SMILES string of the molecule is CNC.Cc1c[nH]c(=O)[nH]c1=O.Cl. The van der Waals surface area contributed by atoms with Crippen LogP contribution in [0.15, 0.2) is 15.8 Å². The first-order chi connectivity index (χ1) is 5.61. The molecule has 6 heteroatoms. The molecule has 0 aliphatic heterocycles. The van der Waals surface area contributed by atoms with Crippen molar-refractivity contribution in [3.63, 3.8) is 0 Å². The average molecular weight is 208 g/mol. The second-order valence-corrected chi connectivity index (χ2v) is 2.25. The van der Waals surface area contributed by atoms with E-state index in [1.54, 1.807) is 6.92 Å². The first kappa shape index (κ1) is 14.5. The van der Waals surface area contributed by atoms with Crippen molar-refractivity contribution in [3.05, 3.63) is 32.6 Å². The topological polar surface area (TPSA) is 77.8 Å². The summed E-state index contributed by atoms with van der Waals surface area (Å²) >= 11 is 0. The number of nitrogens with one attached hydrogen (secondary N) is 3. The van der Waals surface area contributed by atoms with Crippen molar-refractivity contribution in [2.75, 3.05) is 14.1 Å². The lowest BCUT2D eigenvalue weighted by Gasteiger charge is -1.84. The summed E-state index contributed by atoms with van der Waals surface area (Å²) in [7, 11) is 3.75. The van der Waals surface area contributed by atoms with Gasteiger partial charge < -0.3 is 10.3 Å². The van der Waals surface area contributed by atoms with Crippen LogP contribution in [0.3, 0.4) is 0 Å². The Morgan fingerprint density at radius 1 is 1.31 bits per heavy atom. The van der Waals surface area contributed by atoms with Crippen LogP contribution >= 0.6 is 12.4 Å². The van der Waals surface area contributed by atoms with E-state index in [4.69, 9.17) is 0 Å². The Kier molecular flexibility index (Phi) is 8.42.